The predicted molar refractivity (Wildman–Crippen MR) is 122 cm³/mol. The normalized spacial score (nSPS) is 14.5. The summed E-state index contributed by atoms with van der Waals surface area (Å²) in [5.41, 5.74) is 9.26. The summed E-state index contributed by atoms with van der Waals surface area (Å²) in [7, 11) is 1.44. The molecule has 3 aromatic rings. The molecule has 7 heteroatoms. The van der Waals surface area contributed by atoms with Crippen LogP contribution in [0.25, 0.3) is 0 Å². The van der Waals surface area contributed by atoms with Crippen molar-refractivity contribution in [3.63, 3.8) is 0 Å². The van der Waals surface area contributed by atoms with E-state index >= 15 is 0 Å². The van der Waals surface area contributed by atoms with Gasteiger partial charge >= 0.3 is 5.97 Å². The number of methoxy groups -OCH3 is 1. The van der Waals surface area contributed by atoms with E-state index in [-0.39, 0.29) is 17.9 Å². The Kier molecular flexibility index (Phi) is 6.31. The Morgan fingerprint density at radius 3 is 2.16 bits per heavy atom. The number of nitrogens with two attached hydrogens (primary N) is 1. The number of nitrogens with one attached hydrogen (secondary N) is 1. The van der Waals surface area contributed by atoms with Crippen LogP contribution in [0, 0.1) is 5.92 Å². The molecule has 0 spiro atoms. The number of hydrogen-bond acceptors (Lipinski definition) is 7. The van der Waals surface area contributed by atoms with Crippen LogP contribution >= 0.6 is 0 Å². The molecule has 0 amide bonds. The molecule has 4 rings (SSSR count). The number of carbonyl (C=O) groups excluding carboxylic acids is 1. The Hall–Kier alpha value is -3.61. The first kappa shape index (κ1) is 20.7. The smallest absolute Gasteiger partial charge is 0.308 e. The van der Waals surface area contributed by atoms with Crippen molar-refractivity contribution in [1.82, 2.24) is 9.97 Å². The topological polar surface area (TPSA) is 93.4 Å². The summed E-state index contributed by atoms with van der Waals surface area (Å²) in [6, 6.07) is 20.3. The highest BCUT2D eigenvalue weighted by molar-refractivity contribution is 5.76. The molecule has 2 aromatic carbocycles. The fourth-order valence-electron chi connectivity index (χ4n) is 4.03. The number of hydrogen-bond donors (Lipinski definition) is 2. The third kappa shape index (κ3) is 4.60. The van der Waals surface area contributed by atoms with Crippen molar-refractivity contribution in [2.45, 2.75) is 18.9 Å². The monoisotopic (exact) mass is 417 g/mol. The number of rotatable bonds is 6. The fourth-order valence-corrected chi connectivity index (χ4v) is 4.03. The third-order valence-corrected chi connectivity index (χ3v) is 5.74. The molecule has 0 saturated carbocycles. The first-order valence-electron chi connectivity index (χ1n) is 10.5. The van der Waals surface area contributed by atoms with Gasteiger partial charge in [-0.05, 0) is 24.0 Å². The molecule has 0 unspecified atom stereocenters. The molecule has 0 atom stereocenters. The van der Waals surface area contributed by atoms with Gasteiger partial charge in [-0.25, -0.2) is 9.97 Å². The van der Waals surface area contributed by atoms with E-state index in [9.17, 15) is 4.79 Å². The maximum Gasteiger partial charge on any atom is 0.308 e. The van der Waals surface area contributed by atoms with Crippen molar-refractivity contribution in [2.75, 3.05) is 36.1 Å². The van der Waals surface area contributed by atoms with Gasteiger partial charge in [0.05, 0.1) is 19.1 Å². The summed E-state index contributed by atoms with van der Waals surface area (Å²) in [4.78, 5) is 22.8. The molecule has 1 fully saturated rings. The summed E-state index contributed by atoms with van der Waals surface area (Å²) >= 11 is 0. The quantitative estimate of drug-likeness (QED) is 0.591. The maximum absolute atomic E-state index is 11.8. The molecule has 1 saturated heterocycles. The Labute approximate surface area is 182 Å². The molecule has 0 radical (unpaired) electrons. The first-order chi connectivity index (χ1) is 15.2. The van der Waals surface area contributed by atoms with E-state index in [2.05, 4.69) is 44.5 Å². The van der Waals surface area contributed by atoms with Gasteiger partial charge in [0.25, 0.3) is 0 Å². The summed E-state index contributed by atoms with van der Waals surface area (Å²) in [5, 5.41) is 3.52. The summed E-state index contributed by atoms with van der Waals surface area (Å²) in [5.74, 6) is 1.08. The maximum atomic E-state index is 11.8. The van der Waals surface area contributed by atoms with Crippen LogP contribution in [0.2, 0.25) is 0 Å². The summed E-state index contributed by atoms with van der Waals surface area (Å²) in [6.45, 7) is 1.39. The number of nitrogens with zero attached hydrogens (tertiary/aromatic N) is 3. The minimum atomic E-state index is -0.147. The van der Waals surface area contributed by atoms with Crippen LogP contribution in [-0.2, 0) is 9.53 Å². The molecule has 160 valence electrons. The van der Waals surface area contributed by atoms with Gasteiger partial charge in [0, 0.05) is 13.1 Å². The molecule has 2 heterocycles. The molecule has 1 aliphatic heterocycles. The van der Waals surface area contributed by atoms with Crippen molar-refractivity contribution in [3.05, 3.63) is 78.1 Å². The third-order valence-electron chi connectivity index (χ3n) is 5.74. The highest BCUT2D eigenvalue weighted by Crippen LogP contribution is 2.33. The lowest BCUT2D eigenvalue weighted by Crippen LogP contribution is -2.37. The van der Waals surface area contributed by atoms with E-state index in [0.29, 0.717) is 30.4 Å². The molecule has 7 nitrogen and oxygen atoms in total. The van der Waals surface area contributed by atoms with Crippen molar-refractivity contribution < 1.29 is 9.53 Å². The number of aromatic nitrogens is 2. The van der Waals surface area contributed by atoms with E-state index in [0.717, 1.165) is 24.0 Å². The zero-order chi connectivity index (χ0) is 21.6. The number of piperidine rings is 1. The van der Waals surface area contributed by atoms with E-state index in [1.165, 1.54) is 13.4 Å². The molecule has 1 aliphatic rings. The highest BCUT2D eigenvalue weighted by atomic mass is 16.5. The molecule has 0 bridgehead atoms. The Bertz CT molecular complexity index is 965. The zero-order valence-electron chi connectivity index (χ0n) is 17.6. The second-order valence-electron chi connectivity index (χ2n) is 7.64. The van der Waals surface area contributed by atoms with Crippen molar-refractivity contribution in [1.29, 1.82) is 0 Å². The average molecular weight is 418 g/mol. The number of benzene rings is 2. The zero-order valence-corrected chi connectivity index (χ0v) is 17.6. The van der Waals surface area contributed by atoms with Gasteiger partial charge in [-0.3, -0.25) is 4.79 Å². The molecule has 0 aliphatic carbocycles. The van der Waals surface area contributed by atoms with Gasteiger partial charge in [-0.15, -0.1) is 0 Å². The van der Waals surface area contributed by atoms with Crippen LogP contribution in [0.4, 0.5) is 17.3 Å². The first-order valence-corrected chi connectivity index (χ1v) is 10.5. The highest BCUT2D eigenvalue weighted by Gasteiger charge is 2.28. The summed E-state index contributed by atoms with van der Waals surface area (Å²) < 4.78 is 4.88. The van der Waals surface area contributed by atoms with Gasteiger partial charge in [0.1, 0.15) is 12.0 Å². The Morgan fingerprint density at radius 2 is 1.61 bits per heavy atom. The lowest BCUT2D eigenvalue weighted by molar-refractivity contribution is -0.146. The minimum Gasteiger partial charge on any atom is -0.469 e. The van der Waals surface area contributed by atoms with Gasteiger partial charge in [-0.1, -0.05) is 60.7 Å². The molecular weight excluding hydrogens is 390 g/mol. The van der Waals surface area contributed by atoms with E-state index in [4.69, 9.17) is 10.5 Å². The van der Waals surface area contributed by atoms with Crippen LogP contribution in [-0.4, -0.2) is 36.1 Å². The number of ether oxygens (including phenoxy) is 1. The van der Waals surface area contributed by atoms with E-state index in [1.807, 2.05) is 36.4 Å². The van der Waals surface area contributed by atoms with E-state index < -0.39 is 0 Å². The van der Waals surface area contributed by atoms with Gasteiger partial charge in [0.15, 0.2) is 11.6 Å². The largest absolute Gasteiger partial charge is 0.469 e. The number of anilines is 3. The van der Waals surface area contributed by atoms with Gasteiger partial charge in [-0.2, -0.15) is 0 Å². The lowest BCUT2D eigenvalue weighted by atomic mass is 9.97. The van der Waals surface area contributed by atoms with Crippen LogP contribution in [0.3, 0.4) is 0 Å². The van der Waals surface area contributed by atoms with Crippen LogP contribution in [0.1, 0.15) is 30.0 Å². The van der Waals surface area contributed by atoms with Crippen LogP contribution < -0.4 is 16.0 Å². The van der Waals surface area contributed by atoms with Gasteiger partial charge in [0.2, 0.25) is 0 Å². The SMILES string of the molecule is COC(=O)C1CCN(c2ncnc(NC(c3ccccc3)c3ccccc3)c2N)CC1. The second kappa shape index (κ2) is 9.47. The fraction of sp³-hybridized carbons (Fsp3) is 0.292. The summed E-state index contributed by atoms with van der Waals surface area (Å²) in [6.07, 6.45) is 2.97. The van der Waals surface area contributed by atoms with Crippen molar-refractivity contribution >= 4 is 23.3 Å². The standard InChI is InChI=1S/C24H27N5O2/c1-31-24(30)19-12-14-29(15-13-19)23-20(25)22(26-16-27-23)28-21(17-8-4-2-5-9-17)18-10-6-3-7-11-18/h2-11,16,19,21H,12-15,25H2,1H3,(H,26,27,28). The average Bonchev–Trinajstić information content (AvgIpc) is 2.84. The Morgan fingerprint density at radius 1 is 1.03 bits per heavy atom. The van der Waals surface area contributed by atoms with Crippen LogP contribution in [0.5, 0.6) is 0 Å². The lowest BCUT2D eigenvalue weighted by Gasteiger charge is -2.32. The molecular formula is C24H27N5O2. The Balaban J connectivity index is 1.58. The van der Waals surface area contributed by atoms with Crippen molar-refractivity contribution in [3.8, 4) is 0 Å². The minimum absolute atomic E-state index is 0.0672. The van der Waals surface area contributed by atoms with Gasteiger partial charge < -0.3 is 20.7 Å². The molecule has 1 aromatic heterocycles. The predicted octanol–water partition coefficient (Wildman–Crippen LogP) is 3.65. The number of carbonyl (C=O) groups is 1. The molecule has 3 N–H and O–H groups in total. The second-order valence-corrected chi connectivity index (χ2v) is 7.64. The van der Waals surface area contributed by atoms with Crippen LogP contribution in [0.15, 0.2) is 67.0 Å². The number of esters is 1. The van der Waals surface area contributed by atoms with E-state index in [1.54, 1.807) is 0 Å². The molecule has 31 heavy (non-hydrogen) atoms. The van der Waals surface area contributed by atoms with Crippen molar-refractivity contribution in [2.24, 2.45) is 5.92 Å². The number of nitrogen functional groups attached to an aromatic ring is 1.